The molecule has 1 heterocycles. The Kier molecular flexibility index (Phi) is 4.42. The van der Waals surface area contributed by atoms with Gasteiger partial charge in [0.25, 0.3) is 0 Å². The van der Waals surface area contributed by atoms with Crippen molar-refractivity contribution in [2.24, 2.45) is 5.92 Å². The Labute approximate surface area is 150 Å². The molecule has 134 valence electrons. The van der Waals surface area contributed by atoms with E-state index >= 15 is 0 Å². The van der Waals surface area contributed by atoms with E-state index in [-0.39, 0.29) is 6.61 Å². The number of hydrogen-bond donors (Lipinski definition) is 2. The van der Waals surface area contributed by atoms with Crippen LogP contribution in [0.3, 0.4) is 0 Å². The lowest BCUT2D eigenvalue weighted by atomic mass is 9.78. The number of hydrogen-bond acceptors (Lipinski definition) is 3. The van der Waals surface area contributed by atoms with Crippen molar-refractivity contribution in [3.05, 3.63) is 52.3 Å². The second-order valence-corrected chi connectivity index (χ2v) is 7.79. The standard InChI is InChI=1S/C21H29N3O/c1-15-19(16(2)24(23-15)10-11-25)14-22-13-18-12-21(18)9-5-7-17-6-3-4-8-20(17)21/h3-4,6,8,18,22,25H,5,7,9-14H2,1-2H3. The molecule has 25 heavy (non-hydrogen) atoms. The quantitative estimate of drug-likeness (QED) is 0.851. The summed E-state index contributed by atoms with van der Waals surface area (Å²) in [6, 6.07) is 9.07. The molecule has 2 aromatic rings. The van der Waals surface area contributed by atoms with E-state index in [2.05, 4.69) is 48.5 Å². The molecule has 4 rings (SSSR count). The summed E-state index contributed by atoms with van der Waals surface area (Å²) in [4.78, 5) is 0. The van der Waals surface area contributed by atoms with Crippen molar-refractivity contribution in [2.45, 2.75) is 58.0 Å². The highest BCUT2D eigenvalue weighted by atomic mass is 16.3. The van der Waals surface area contributed by atoms with E-state index in [1.807, 2.05) is 4.68 Å². The minimum atomic E-state index is 0.138. The Morgan fingerprint density at radius 3 is 3.00 bits per heavy atom. The summed E-state index contributed by atoms with van der Waals surface area (Å²) in [5, 5.41) is 17.4. The smallest absolute Gasteiger partial charge is 0.0644 e. The largest absolute Gasteiger partial charge is 0.394 e. The van der Waals surface area contributed by atoms with Crippen LogP contribution in [0.25, 0.3) is 0 Å². The van der Waals surface area contributed by atoms with Crippen LogP contribution in [0.1, 0.15) is 47.3 Å². The summed E-state index contributed by atoms with van der Waals surface area (Å²) in [7, 11) is 0. The highest BCUT2D eigenvalue weighted by Crippen LogP contribution is 2.59. The van der Waals surface area contributed by atoms with E-state index in [0.717, 1.165) is 24.7 Å². The molecule has 0 aliphatic heterocycles. The van der Waals surface area contributed by atoms with Crippen LogP contribution < -0.4 is 5.32 Å². The van der Waals surface area contributed by atoms with E-state index in [0.29, 0.717) is 12.0 Å². The fraction of sp³-hybridized carbons (Fsp3) is 0.571. The molecule has 1 saturated carbocycles. The van der Waals surface area contributed by atoms with Gasteiger partial charge in [-0.05, 0) is 68.5 Å². The first-order chi connectivity index (χ1) is 12.2. The first kappa shape index (κ1) is 16.8. The van der Waals surface area contributed by atoms with Gasteiger partial charge in [0.1, 0.15) is 0 Å². The van der Waals surface area contributed by atoms with Gasteiger partial charge in [-0.25, -0.2) is 0 Å². The van der Waals surface area contributed by atoms with Crippen molar-refractivity contribution in [3.8, 4) is 0 Å². The minimum Gasteiger partial charge on any atom is -0.394 e. The summed E-state index contributed by atoms with van der Waals surface area (Å²) >= 11 is 0. The van der Waals surface area contributed by atoms with Gasteiger partial charge in [-0.3, -0.25) is 4.68 Å². The Balaban J connectivity index is 1.39. The Morgan fingerprint density at radius 1 is 1.32 bits per heavy atom. The molecule has 2 atom stereocenters. The first-order valence-corrected chi connectivity index (χ1v) is 9.58. The zero-order valence-electron chi connectivity index (χ0n) is 15.4. The summed E-state index contributed by atoms with van der Waals surface area (Å²) in [5.74, 6) is 0.766. The van der Waals surface area contributed by atoms with Gasteiger partial charge in [-0.15, -0.1) is 0 Å². The number of nitrogens with zero attached hydrogens (tertiary/aromatic N) is 2. The third-order valence-corrected chi connectivity index (χ3v) is 6.39. The minimum absolute atomic E-state index is 0.138. The zero-order chi connectivity index (χ0) is 17.4. The summed E-state index contributed by atoms with van der Waals surface area (Å²) < 4.78 is 1.92. The fourth-order valence-electron chi connectivity index (χ4n) is 4.91. The zero-order valence-corrected chi connectivity index (χ0v) is 15.4. The highest BCUT2D eigenvalue weighted by Gasteiger charge is 2.55. The second kappa shape index (κ2) is 6.58. The fourth-order valence-corrected chi connectivity index (χ4v) is 4.91. The molecule has 2 unspecified atom stereocenters. The number of fused-ring (bicyclic) bond motifs is 2. The van der Waals surface area contributed by atoms with Gasteiger partial charge in [-0.2, -0.15) is 5.10 Å². The van der Waals surface area contributed by atoms with Crippen molar-refractivity contribution in [2.75, 3.05) is 13.2 Å². The molecule has 0 radical (unpaired) electrons. The van der Waals surface area contributed by atoms with Crippen LogP contribution in [-0.4, -0.2) is 28.0 Å². The molecule has 1 aromatic heterocycles. The second-order valence-electron chi connectivity index (χ2n) is 7.79. The number of aliphatic hydroxyl groups is 1. The molecule has 0 bridgehead atoms. The summed E-state index contributed by atoms with van der Waals surface area (Å²) in [5.41, 5.74) is 7.18. The van der Waals surface area contributed by atoms with E-state index in [4.69, 9.17) is 5.11 Å². The SMILES string of the molecule is Cc1nn(CCO)c(C)c1CNCC1CC12CCCc1ccccc12. The van der Waals surface area contributed by atoms with Crippen molar-refractivity contribution in [1.29, 1.82) is 0 Å². The molecular weight excluding hydrogens is 310 g/mol. The van der Waals surface area contributed by atoms with Gasteiger partial charge in [0.05, 0.1) is 18.8 Å². The van der Waals surface area contributed by atoms with Crippen LogP contribution in [0.2, 0.25) is 0 Å². The van der Waals surface area contributed by atoms with E-state index in [1.54, 1.807) is 11.1 Å². The molecule has 1 fully saturated rings. The van der Waals surface area contributed by atoms with Crippen molar-refractivity contribution in [3.63, 3.8) is 0 Å². The predicted molar refractivity (Wildman–Crippen MR) is 99.7 cm³/mol. The molecule has 2 aliphatic carbocycles. The Morgan fingerprint density at radius 2 is 2.16 bits per heavy atom. The summed E-state index contributed by atoms with van der Waals surface area (Å²) in [6.07, 6.45) is 5.27. The first-order valence-electron chi connectivity index (χ1n) is 9.58. The molecule has 2 N–H and O–H groups in total. The molecule has 0 saturated heterocycles. The summed E-state index contributed by atoms with van der Waals surface area (Å²) in [6.45, 7) is 6.83. The number of aryl methyl sites for hydroxylation is 2. The lowest BCUT2D eigenvalue weighted by Crippen LogP contribution is -2.24. The maximum absolute atomic E-state index is 9.15. The van der Waals surface area contributed by atoms with Crippen molar-refractivity contribution in [1.82, 2.24) is 15.1 Å². The molecule has 2 aliphatic rings. The van der Waals surface area contributed by atoms with Crippen LogP contribution in [0.4, 0.5) is 0 Å². The molecule has 1 spiro atoms. The highest BCUT2D eigenvalue weighted by molar-refractivity contribution is 5.42. The van der Waals surface area contributed by atoms with Gasteiger partial charge in [0.15, 0.2) is 0 Å². The Hall–Kier alpha value is -1.65. The van der Waals surface area contributed by atoms with E-state index < -0.39 is 0 Å². The van der Waals surface area contributed by atoms with Crippen LogP contribution in [0.5, 0.6) is 0 Å². The maximum atomic E-state index is 9.15. The molecule has 0 amide bonds. The van der Waals surface area contributed by atoms with Crippen LogP contribution >= 0.6 is 0 Å². The lowest BCUT2D eigenvalue weighted by molar-refractivity contribution is 0.267. The third-order valence-electron chi connectivity index (χ3n) is 6.39. The van der Waals surface area contributed by atoms with Gasteiger partial charge in [0.2, 0.25) is 0 Å². The van der Waals surface area contributed by atoms with Crippen LogP contribution in [-0.2, 0) is 24.9 Å². The average Bonchev–Trinajstić information content (AvgIpc) is 3.23. The topological polar surface area (TPSA) is 50.1 Å². The van der Waals surface area contributed by atoms with Gasteiger partial charge in [0, 0.05) is 17.8 Å². The van der Waals surface area contributed by atoms with Crippen molar-refractivity contribution >= 4 is 0 Å². The van der Waals surface area contributed by atoms with Gasteiger partial charge >= 0.3 is 0 Å². The monoisotopic (exact) mass is 339 g/mol. The third kappa shape index (κ3) is 2.91. The Bertz CT molecular complexity index is 766. The predicted octanol–water partition coefficient (Wildman–Crippen LogP) is 2.88. The van der Waals surface area contributed by atoms with Crippen molar-refractivity contribution < 1.29 is 5.11 Å². The lowest BCUT2D eigenvalue weighted by Gasteiger charge is -2.26. The van der Waals surface area contributed by atoms with Gasteiger partial charge < -0.3 is 10.4 Å². The maximum Gasteiger partial charge on any atom is 0.0644 e. The number of aromatic nitrogens is 2. The van der Waals surface area contributed by atoms with E-state index in [9.17, 15) is 0 Å². The molecule has 4 heteroatoms. The molecular formula is C21H29N3O. The number of rotatable bonds is 6. The number of benzene rings is 1. The number of aliphatic hydroxyl groups excluding tert-OH is 1. The average molecular weight is 339 g/mol. The van der Waals surface area contributed by atoms with Crippen LogP contribution in [0, 0.1) is 19.8 Å². The number of nitrogens with one attached hydrogen (secondary N) is 1. The van der Waals surface area contributed by atoms with E-state index in [1.165, 1.54) is 36.9 Å². The normalized spacial score (nSPS) is 24.5. The van der Waals surface area contributed by atoms with Crippen LogP contribution in [0.15, 0.2) is 24.3 Å². The molecule has 4 nitrogen and oxygen atoms in total. The molecule has 1 aromatic carbocycles. The van der Waals surface area contributed by atoms with Gasteiger partial charge in [-0.1, -0.05) is 24.3 Å².